The molecule has 0 aromatic carbocycles. The molecule has 0 spiro atoms. The molecule has 0 amide bonds. The highest BCUT2D eigenvalue weighted by molar-refractivity contribution is 7.98. The summed E-state index contributed by atoms with van der Waals surface area (Å²) in [5, 5.41) is 15.2. The van der Waals surface area contributed by atoms with Crippen LogP contribution in [0.25, 0.3) is 17.0 Å². The van der Waals surface area contributed by atoms with Crippen LogP contribution in [0.3, 0.4) is 0 Å². The van der Waals surface area contributed by atoms with Crippen LogP contribution in [-0.2, 0) is 0 Å². The van der Waals surface area contributed by atoms with Gasteiger partial charge in [0.05, 0.1) is 17.6 Å². The van der Waals surface area contributed by atoms with Crippen molar-refractivity contribution in [2.75, 3.05) is 6.26 Å². The first-order valence-electron chi connectivity index (χ1n) is 7.21. The minimum absolute atomic E-state index is 0.0786. The quantitative estimate of drug-likeness (QED) is 0.592. The molecule has 1 saturated carbocycles. The Labute approximate surface area is 131 Å². The molecule has 0 aliphatic heterocycles. The molecule has 0 saturated heterocycles. The topological polar surface area (TPSA) is 76.2 Å². The standard InChI is InChI=1S/C15H15N5OS/c1-22-15-16-6-5-11(19-15)12-7-13(21)20-14(18-12)10(8-17-20)9-3-2-4-9/h5-9,21H,2-4H2,1H3. The van der Waals surface area contributed by atoms with Gasteiger partial charge in [0.25, 0.3) is 0 Å². The van der Waals surface area contributed by atoms with Gasteiger partial charge in [0.15, 0.2) is 10.8 Å². The highest BCUT2D eigenvalue weighted by Gasteiger charge is 2.25. The summed E-state index contributed by atoms with van der Waals surface area (Å²) in [6.07, 6.45) is 9.04. The Bertz CT molecular complexity index is 843. The molecule has 0 bridgehead atoms. The van der Waals surface area contributed by atoms with E-state index in [1.165, 1.54) is 22.7 Å². The third-order valence-corrected chi connectivity index (χ3v) is 4.67. The maximum absolute atomic E-state index is 10.2. The maximum Gasteiger partial charge on any atom is 0.216 e. The maximum atomic E-state index is 10.2. The van der Waals surface area contributed by atoms with E-state index < -0.39 is 0 Å². The second-order valence-corrected chi connectivity index (χ2v) is 6.16. The SMILES string of the molecule is CSc1nccc(-c2cc(O)n3ncc(C4CCC4)c3n2)n1. The van der Waals surface area contributed by atoms with Gasteiger partial charge in [-0.25, -0.2) is 15.0 Å². The Morgan fingerprint density at radius 3 is 2.86 bits per heavy atom. The smallest absolute Gasteiger partial charge is 0.216 e. The van der Waals surface area contributed by atoms with Crippen LogP contribution >= 0.6 is 11.8 Å². The summed E-state index contributed by atoms with van der Waals surface area (Å²) < 4.78 is 1.49. The van der Waals surface area contributed by atoms with Crippen molar-refractivity contribution in [1.29, 1.82) is 0 Å². The van der Waals surface area contributed by atoms with Crippen LogP contribution < -0.4 is 0 Å². The third-order valence-electron chi connectivity index (χ3n) is 4.10. The minimum Gasteiger partial charge on any atom is -0.493 e. The molecule has 0 unspecified atom stereocenters. The normalized spacial score (nSPS) is 15.1. The van der Waals surface area contributed by atoms with Crippen molar-refractivity contribution in [3.63, 3.8) is 0 Å². The second-order valence-electron chi connectivity index (χ2n) is 5.39. The van der Waals surface area contributed by atoms with Crippen molar-refractivity contribution in [1.82, 2.24) is 24.6 Å². The summed E-state index contributed by atoms with van der Waals surface area (Å²) in [6.45, 7) is 0. The summed E-state index contributed by atoms with van der Waals surface area (Å²) in [5.74, 6) is 0.585. The first-order valence-corrected chi connectivity index (χ1v) is 8.44. The lowest BCUT2D eigenvalue weighted by Gasteiger charge is -2.24. The number of fused-ring (bicyclic) bond motifs is 1. The lowest BCUT2D eigenvalue weighted by molar-refractivity contribution is 0.420. The molecule has 4 rings (SSSR count). The Morgan fingerprint density at radius 2 is 2.14 bits per heavy atom. The van der Waals surface area contributed by atoms with Crippen LogP contribution in [0, 0.1) is 0 Å². The lowest BCUT2D eigenvalue weighted by atomic mass is 9.81. The summed E-state index contributed by atoms with van der Waals surface area (Å²) in [5.41, 5.74) is 3.19. The summed E-state index contributed by atoms with van der Waals surface area (Å²) in [4.78, 5) is 13.3. The van der Waals surface area contributed by atoms with Gasteiger partial charge in [0.2, 0.25) is 5.88 Å². The van der Waals surface area contributed by atoms with Gasteiger partial charge in [-0.15, -0.1) is 0 Å². The Balaban J connectivity index is 1.87. The van der Waals surface area contributed by atoms with E-state index in [4.69, 9.17) is 0 Å². The van der Waals surface area contributed by atoms with Crippen molar-refractivity contribution in [2.45, 2.75) is 30.3 Å². The van der Waals surface area contributed by atoms with E-state index in [0.29, 0.717) is 22.5 Å². The number of thioether (sulfide) groups is 1. The fraction of sp³-hybridized carbons (Fsp3) is 0.333. The van der Waals surface area contributed by atoms with Crippen LogP contribution in [0.2, 0.25) is 0 Å². The molecule has 1 fully saturated rings. The fourth-order valence-corrected chi connectivity index (χ4v) is 3.04. The largest absolute Gasteiger partial charge is 0.493 e. The van der Waals surface area contributed by atoms with Crippen LogP contribution in [0.4, 0.5) is 0 Å². The minimum atomic E-state index is 0.0786. The predicted molar refractivity (Wildman–Crippen MR) is 84.1 cm³/mol. The molecule has 0 radical (unpaired) electrons. The molecule has 1 aliphatic carbocycles. The molecule has 0 atom stereocenters. The van der Waals surface area contributed by atoms with Gasteiger partial charge in [0.1, 0.15) is 0 Å². The summed E-state index contributed by atoms with van der Waals surface area (Å²) in [7, 11) is 0. The van der Waals surface area contributed by atoms with Crippen molar-refractivity contribution in [3.05, 3.63) is 30.1 Å². The number of hydrogen-bond acceptors (Lipinski definition) is 6. The van der Waals surface area contributed by atoms with Crippen LogP contribution in [0.15, 0.2) is 29.7 Å². The zero-order valence-electron chi connectivity index (χ0n) is 12.1. The lowest BCUT2D eigenvalue weighted by Crippen LogP contribution is -2.09. The second kappa shape index (κ2) is 5.24. The van der Waals surface area contributed by atoms with Gasteiger partial charge in [0, 0.05) is 17.8 Å². The van der Waals surface area contributed by atoms with Crippen LogP contribution in [0.5, 0.6) is 5.88 Å². The molecule has 7 heteroatoms. The Kier molecular flexibility index (Phi) is 3.22. The highest BCUT2D eigenvalue weighted by Crippen LogP contribution is 2.38. The van der Waals surface area contributed by atoms with Crippen molar-refractivity contribution in [2.24, 2.45) is 0 Å². The fourth-order valence-electron chi connectivity index (χ4n) is 2.68. The van der Waals surface area contributed by atoms with E-state index in [9.17, 15) is 5.11 Å². The predicted octanol–water partition coefficient (Wildman–Crippen LogP) is 2.88. The van der Waals surface area contributed by atoms with Gasteiger partial charge >= 0.3 is 0 Å². The zero-order valence-corrected chi connectivity index (χ0v) is 12.9. The van der Waals surface area contributed by atoms with Gasteiger partial charge in [-0.3, -0.25) is 0 Å². The van der Waals surface area contributed by atoms with Gasteiger partial charge in [-0.2, -0.15) is 9.61 Å². The molecule has 3 aromatic rings. The van der Waals surface area contributed by atoms with E-state index in [1.54, 1.807) is 18.3 Å². The number of aromatic nitrogens is 5. The van der Waals surface area contributed by atoms with Gasteiger partial charge in [-0.05, 0) is 31.1 Å². The van der Waals surface area contributed by atoms with E-state index in [0.717, 1.165) is 24.1 Å². The molecule has 6 nitrogen and oxygen atoms in total. The Hall–Kier alpha value is -2.15. The van der Waals surface area contributed by atoms with Crippen molar-refractivity contribution < 1.29 is 5.11 Å². The number of aromatic hydroxyl groups is 1. The molecular formula is C15H15N5OS. The highest BCUT2D eigenvalue weighted by atomic mass is 32.2. The molecule has 1 aliphatic rings. The van der Waals surface area contributed by atoms with Gasteiger partial charge in [-0.1, -0.05) is 18.2 Å². The van der Waals surface area contributed by atoms with Crippen molar-refractivity contribution >= 4 is 17.4 Å². The van der Waals surface area contributed by atoms with Gasteiger partial charge < -0.3 is 5.11 Å². The number of rotatable bonds is 3. The van der Waals surface area contributed by atoms with E-state index >= 15 is 0 Å². The average Bonchev–Trinajstić information content (AvgIpc) is 2.90. The molecular weight excluding hydrogens is 298 g/mol. The third kappa shape index (κ3) is 2.12. The molecule has 3 heterocycles. The first-order chi connectivity index (χ1) is 10.8. The summed E-state index contributed by atoms with van der Waals surface area (Å²) in [6, 6.07) is 3.40. The number of nitrogens with zero attached hydrogens (tertiary/aromatic N) is 5. The number of hydrogen-bond donors (Lipinski definition) is 1. The molecule has 112 valence electrons. The summed E-state index contributed by atoms with van der Waals surface area (Å²) >= 11 is 1.48. The monoisotopic (exact) mass is 313 g/mol. The van der Waals surface area contributed by atoms with Crippen molar-refractivity contribution in [3.8, 4) is 17.3 Å². The first kappa shape index (κ1) is 13.5. The molecule has 22 heavy (non-hydrogen) atoms. The van der Waals surface area contributed by atoms with E-state index in [2.05, 4.69) is 20.1 Å². The van der Waals surface area contributed by atoms with E-state index in [-0.39, 0.29) is 5.88 Å². The van der Waals surface area contributed by atoms with E-state index in [1.807, 2.05) is 12.5 Å². The molecule has 3 aromatic heterocycles. The average molecular weight is 313 g/mol. The zero-order chi connectivity index (χ0) is 15.1. The Morgan fingerprint density at radius 1 is 1.27 bits per heavy atom. The van der Waals surface area contributed by atoms with Crippen LogP contribution in [0.1, 0.15) is 30.7 Å². The molecule has 1 N–H and O–H groups in total. The van der Waals surface area contributed by atoms with Crippen LogP contribution in [-0.4, -0.2) is 35.9 Å².